The van der Waals surface area contributed by atoms with Crippen LogP contribution in [0.4, 0.5) is 0 Å². The molecule has 0 spiro atoms. The van der Waals surface area contributed by atoms with Gasteiger partial charge in [0, 0.05) is 39.7 Å². The van der Waals surface area contributed by atoms with Crippen LogP contribution in [0.3, 0.4) is 0 Å². The van der Waals surface area contributed by atoms with Crippen molar-refractivity contribution < 1.29 is 9.53 Å². The van der Waals surface area contributed by atoms with Crippen molar-refractivity contribution in [2.24, 2.45) is 7.05 Å². The number of carbonyl (C=O) groups is 1. The van der Waals surface area contributed by atoms with E-state index in [-0.39, 0.29) is 5.91 Å². The molecule has 6 nitrogen and oxygen atoms in total. The molecule has 0 aromatic carbocycles. The molecule has 1 aliphatic rings. The highest BCUT2D eigenvalue weighted by atomic mass is 16.5. The summed E-state index contributed by atoms with van der Waals surface area (Å²) in [6.45, 7) is 2.84. The lowest BCUT2D eigenvalue weighted by atomic mass is 10.1. The van der Waals surface area contributed by atoms with E-state index in [9.17, 15) is 4.79 Å². The summed E-state index contributed by atoms with van der Waals surface area (Å²) < 4.78 is 6.75. The Bertz CT molecular complexity index is 426. The van der Waals surface area contributed by atoms with E-state index in [1.165, 1.54) is 12.8 Å². The molecule has 0 bridgehead atoms. The number of methoxy groups -OCH3 is 1. The number of hydrogen-bond acceptors (Lipinski definition) is 4. The predicted molar refractivity (Wildman–Crippen MR) is 72.3 cm³/mol. The third-order valence-corrected chi connectivity index (χ3v) is 3.26. The molecule has 2 N–H and O–H groups in total. The lowest BCUT2D eigenvalue weighted by Crippen LogP contribution is -2.33. The number of hydrogen-bond donors (Lipinski definition) is 2. The summed E-state index contributed by atoms with van der Waals surface area (Å²) >= 11 is 0. The molecule has 1 heterocycles. The van der Waals surface area contributed by atoms with E-state index in [2.05, 4.69) is 15.7 Å². The third kappa shape index (κ3) is 3.78. The van der Waals surface area contributed by atoms with Crippen LogP contribution in [0.1, 0.15) is 34.8 Å². The number of aromatic nitrogens is 2. The monoisotopic (exact) mass is 266 g/mol. The van der Waals surface area contributed by atoms with Crippen LogP contribution in [-0.2, 0) is 11.8 Å². The van der Waals surface area contributed by atoms with Gasteiger partial charge in [0.2, 0.25) is 0 Å². The lowest BCUT2D eigenvalue weighted by Gasteiger charge is -2.07. The highest BCUT2D eigenvalue weighted by Crippen LogP contribution is 2.41. The maximum absolute atomic E-state index is 12.1. The molecule has 19 heavy (non-hydrogen) atoms. The van der Waals surface area contributed by atoms with Gasteiger partial charge < -0.3 is 15.4 Å². The average molecular weight is 266 g/mol. The van der Waals surface area contributed by atoms with E-state index in [0.717, 1.165) is 24.3 Å². The molecule has 0 atom stereocenters. The minimum absolute atomic E-state index is 0.0245. The van der Waals surface area contributed by atoms with Crippen molar-refractivity contribution >= 4 is 5.91 Å². The molecular weight excluding hydrogens is 244 g/mol. The molecule has 1 aromatic rings. The Morgan fingerprint density at radius 2 is 2.26 bits per heavy atom. The van der Waals surface area contributed by atoms with Crippen LogP contribution < -0.4 is 10.6 Å². The van der Waals surface area contributed by atoms with Gasteiger partial charge in [-0.3, -0.25) is 9.48 Å². The highest BCUT2D eigenvalue weighted by Gasteiger charge is 2.31. The molecule has 0 aliphatic heterocycles. The van der Waals surface area contributed by atoms with Crippen molar-refractivity contribution in [3.05, 3.63) is 17.5 Å². The van der Waals surface area contributed by atoms with Crippen molar-refractivity contribution in [2.75, 3.05) is 33.4 Å². The molecule has 0 radical (unpaired) electrons. The number of ether oxygens (including phenoxy) is 1. The van der Waals surface area contributed by atoms with Gasteiger partial charge in [-0.1, -0.05) is 0 Å². The molecule has 1 saturated carbocycles. The summed E-state index contributed by atoms with van der Waals surface area (Å²) in [4.78, 5) is 12.1. The fraction of sp³-hybridized carbons (Fsp3) is 0.692. The summed E-state index contributed by atoms with van der Waals surface area (Å²) in [5.74, 6) is 0.497. The minimum Gasteiger partial charge on any atom is -0.383 e. The topological polar surface area (TPSA) is 68.2 Å². The standard InChI is InChI=1S/C13H22N4O2/c1-17-12(10-3-4-10)11(9-16-17)13(18)15-6-5-14-7-8-19-2/h9-10,14H,3-8H2,1-2H3,(H,15,18). The van der Waals surface area contributed by atoms with Gasteiger partial charge in [-0.25, -0.2) is 0 Å². The molecule has 6 heteroatoms. The van der Waals surface area contributed by atoms with Crippen molar-refractivity contribution in [1.82, 2.24) is 20.4 Å². The van der Waals surface area contributed by atoms with Gasteiger partial charge in [-0.15, -0.1) is 0 Å². The lowest BCUT2D eigenvalue weighted by molar-refractivity contribution is 0.0952. The van der Waals surface area contributed by atoms with E-state index in [1.54, 1.807) is 13.3 Å². The Balaban J connectivity index is 1.77. The molecule has 1 amide bonds. The molecule has 1 fully saturated rings. The summed E-state index contributed by atoms with van der Waals surface area (Å²) in [5.41, 5.74) is 1.80. The number of nitrogens with zero attached hydrogens (tertiary/aromatic N) is 2. The maximum Gasteiger partial charge on any atom is 0.254 e. The smallest absolute Gasteiger partial charge is 0.254 e. The first-order valence-electron chi connectivity index (χ1n) is 6.73. The fourth-order valence-electron chi connectivity index (χ4n) is 2.12. The second-order valence-electron chi connectivity index (χ2n) is 4.84. The summed E-state index contributed by atoms with van der Waals surface area (Å²) in [5, 5.41) is 10.3. The Hall–Kier alpha value is -1.40. The second kappa shape index (κ2) is 6.68. The van der Waals surface area contributed by atoms with Crippen LogP contribution in [0.25, 0.3) is 0 Å². The van der Waals surface area contributed by atoms with Gasteiger partial charge in [-0.05, 0) is 12.8 Å². The van der Waals surface area contributed by atoms with Gasteiger partial charge in [0.05, 0.1) is 24.1 Å². The number of amides is 1. The Labute approximate surface area is 113 Å². The first kappa shape index (κ1) is 14.0. The van der Waals surface area contributed by atoms with Crippen LogP contribution in [0.2, 0.25) is 0 Å². The SMILES string of the molecule is COCCNCCNC(=O)c1cnn(C)c1C1CC1. The summed E-state index contributed by atoms with van der Waals surface area (Å²) in [7, 11) is 3.57. The van der Waals surface area contributed by atoms with E-state index in [4.69, 9.17) is 4.74 Å². The van der Waals surface area contributed by atoms with E-state index in [1.807, 2.05) is 11.7 Å². The minimum atomic E-state index is -0.0245. The quantitative estimate of drug-likeness (QED) is 0.662. The first-order valence-corrected chi connectivity index (χ1v) is 6.73. The zero-order chi connectivity index (χ0) is 13.7. The number of aryl methyl sites for hydroxylation is 1. The van der Waals surface area contributed by atoms with Crippen molar-refractivity contribution in [1.29, 1.82) is 0 Å². The molecular formula is C13H22N4O2. The molecule has 1 aromatic heterocycles. The summed E-state index contributed by atoms with van der Waals surface area (Å²) in [6.07, 6.45) is 4.00. The fourth-order valence-corrected chi connectivity index (χ4v) is 2.12. The Morgan fingerprint density at radius 3 is 2.95 bits per heavy atom. The maximum atomic E-state index is 12.1. The Morgan fingerprint density at radius 1 is 1.47 bits per heavy atom. The van der Waals surface area contributed by atoms with Crippen LogP contribution in [0.15, 0.2) is 6.20 Å². The molecule has 0 unspecified atom stereocenters. The molecule has 0 saturated heterocycles. The summed E-state index contributed by atoms with van der Waals surface area (Å²) in [6, 6.07) is 0. The highest BCUT2D eigenvalue weighted by molar-refractivity contribution is 5.95. The van der Waals surface area contributed by atoms with E-state index < -0.39 is 0 Å². The normalized spacial score (nSPS) is 14.6. The van der Waals surface area contributed by atoms with Crippen LogP contribution >= 0.6 is 0 Å². The largest absolute Gasteiger partial charge is 0.383 e. The van der Waals surface area contributed by atoms with Gasteiger partial charge in [0.1, 0.15) is 0 Å². The van der Waals surface area contributed by atoms with Crippen molar-refractivity contribution in [3.8, 4) is 0 Å². The van der Waals surface area contributed by atoms with Crippen molar-refractivity contribution in [2.45, 2.75) is 18.8 Å². The van der Waals surface area contributed by atoms with Crippen LogP contribution in [-0.4, -0.2) is 49.0 Å². The van der Waals surface area contributed by atoms with Gasteiger partial charge >= 0.3 is 0 Å². The molecule has 106 valence electrons. The Kier molecular flexibility index (Phi) is 4.93. The second-order valence-corrected chi connectivity index (χ2v) is 4.84. The van der Waals surface area contributed by atoms with Gasteiger partial charge in [0.15, 0.2) is 0 Å². The third-order valence-electron chi connectivity index (χ3n) is 3.26. The average Bonchev–Trinajstić information content (AvgIpc) is 3.16. The zero-order valence-electron chi connectivity index (χ0n) is 11.6. The molecule has 2 rings (SSSR count). The number of rotatable bonds is 8. The first-order chi connectivity index (χ1) is 9.24. The number of carbonyl (C=O) groups excluding carboxylic acids is 1. The number of nitrogens with one attached hydrogen (secondary N) is 2. The van der Waals surface area contributed by atoms with Crippen LogP contribution in [0.5, 0.6) is 0 Å². The molecule has 1 aliphatic carbocycles. The predicted octanol–water partition coefficient (Wildman–Crippen LogP) is 0.263. The van der Waals surface area contributed by atoms with E-state index >= 15 is 0 Å². The van der Waals surface area contributed by atoms with Crippen LogP contribution in [0, 0.1) is 0 Å². The van der Waals surface area contributed by atoms with Crippen molar-refractivity contribution in [3.63, 3.8) is 0 Å². The van der Waals surface area contributed by atoms with Gasteiger partial charge in [-0.2, -0.15) is 5.10 Å². The van der Waals surface area contributed by atoms with E-state index in [0.29, 0.717) is 19.1 Å². The van der Waals surface area contributed by atoms with Gasteiger partial charge in [0.25, 0.3) is 5.91 Å². The zero-order valence-corrected chi connectivity index (χ0v) is 11.6.